The summed E-state index contributed by atoms with van der Waals surface area (Å²) >= 11 is 0. The number of amides is 4. The maximum atomic E-state index is 12.2. The van der Waals surface area contributed by atoms with Crippen molar-refractivity contribution < 1.29 is 33.4 Å². The van der Waals surface area contributed by atoms with Crippen LogP contribution in [0.5, 0.6) is 0 Å². The zero-order valence-electron chi connectivity index (χ0n) is 22.2. The van der Waals surface area contributed by atoms with Gasteiger partial charge in [-0.2, -0.15) is 0 Å². The first-order valence-electron chi connectivity index (χ1n) is 11.5. The van der Waals surface area contributed by atoms with Crippen LogP contribution in [0.1, 0.15) is 59.9 Å². The van der Waals surface area contributed by atoms with Gasteiger partial charge < -0.3 is 31.2 Å². The van der Waals surface area contributed by atoms with Crippen LogP contribution in [0.25, 0.3) is 0 Å². The van der Waals surface area contributed by atoms with E-state index in [0.29, 0.717) is 0 Å². The lowest BCUT2D eigenvalue weighted by atomic mass is 10.1. The first kappa shape index (κ1) is 32.4. The molecule has 11 heteroatoms. The van der Waals surface area contributed by atoms with Gasteiger partial charge in [-0.25, -0.2) is 9.59 Å². The van der Waals surface area contributed by atoms with Gasteiger partial charge in [0.25, 0.3) is 0 Å². The molecule has 1 aromatic rings. The van der Waals surface area contributed by atoms with Gasteiger partial charge in [-0.15, -0.1) is 0 Å². The quantitative estimate of drug-likeness (QED) is 0.369. The normalized spacial score (nSPS) is 11.6. The van der Waals surface area contributed by atoms with Crippen LogP contribution in [0.4, 0.5) is 4.79 Å². The molecular formula is C25H40N4O7. The van der Waals surface area contributed by atoms with Crippen LogP contribution in [-0.2, 0) is 28.7 Å². The summed E-state index contributed by atoms with van der Waals surface area (Å²) in [6.45, 7) is 11.3. The van der Waals surface area contributed by atoms with Crippen molar-refractivity contribution in [3.05, 3.63) is 35.9 Å². The molecule has 0 bridgehead atoms. The molecular weight excluding hydrogens is 468 g/mol. The highest BCUT2D eigenvalue weighted by Crippen LogP contribution is 2.11. The molecule has 11 nitrogen and oxygen atoms in total. The molecule has 0 radical (unpaired) electrons. The van der Waals surface area contributed by atoms with Crippen molar-refractivity contribution in [2.24, 2.45) is 5.73 Å². The van der Waals surface area contributed by atoms with Gasteiger partial charge in [0.15, 0.2) is 0 Å². The van der Waals surface area contributed by atoms with Gasteiger partial charge in [0.05, 0.1) is 6.54 Å². The van der Waals surface area contributed by atoms with E-state index in [1.165, 1.54) is 5.56 Å². The Morgan fingerprint density at radius 2 is 1.36 bits per heavy atom. The number of nitrogens with two attached hydrogens (primary N) is 1. The number of carbonyl (C=O) groups is 5. The van der Waals surface area contributed by atoms with E-state index in [4.69, 9.17) is 15.2 Å². The smallest absolute Gasteiger partial charge is 0.408 e. The SMILES string of the molecule is CC(C)(C)OC(=O)NCC(=O)NCC(=O)NC(CCC(N)=O)C(=O)OC(C)(C)C.Cc1ccccc1. The molecule has 4 amide bonds. The lowest BCUT2D eigenvalue weighted by Crippen LogP contribution is -2.49. The monoisotopic (exact) mass is 508 g/mol. The topological polar surface area (TPSA) is 166 Å². The molecule has 1 aromatic carbocycles. The van der Waals surface area contributed by atoms with E-state index >= 15 is 0 Å². The number of rotatable bonds is 9. The van der Waals surface area contributed by atoms with Gasteiger partial charge in [-0.1, -0.05) is 35.9 Å². The summed E-state index contributed by atoms with van der Waals surface area (Å²) in [7, 11) is 0. The fourth-order valence-electron chi connectivity index (χ4n) is 2.40. The minimum atomic E-state index is -1.09. The zero-order chi connectivity index (χ0) is 27.9. The second-order valence-corrected chi connectivity index (χ2v) is 9.95. The summed E-state index contributed by atoms with van der Waals surface area (Å²) in [6, 6.07) is 9.17. The Morgan fingerprint density at radius 3 is 1.81 bits per heavy atom. The third-order valence-corrected chi connectivity index (χ3v) is 3.88. The molecule has 202 valence electrons. The number of nitrogens with one attached hydrogen (secondary N) is 3. The van der Waals surface area contributed by atoms with Crippen molar-refractivity contribution in [3.8, 4) is 0 Å². The number of hydrogen-bond donors (Lipinski definition) is 4. The molecule has 0 fully saturated rings. The van der Waals surface area contributed by atoms with Gasteiger partial charge in [0, 0.05) is 6.42 Å². The number of esters is 1. The molecule has 0 heterocycles. The van der Waals surface area contributed by atoms with Gasteiger partial charge >= 0.3 is 12.1 Å². The van der Waals surface area contributed by atoms with Gasteiger partial charge in [-0.3, -0.25) is 14.4 Å². The minimum absolute atomic E-state index is 0.0376. The Bertz CT molecular complexity index is 875. The highest BCUT2D eigenvalue weighted by molar-refractivity contribution is 5.89. The second-order valence-electron chi connectivity index (χ2n) is 9.95. The van der Waals surface area contributed by atoms with Crippen molar-refractivity contribution in [1.82, 2.24) is 16.0 Å². The van der Waals surface area contributed by atoms with Crippen molar-refractivity contribution in [1.29, 1.82) is 0 Å². The first-order chi connectivity index (χ1) is 16.5. The molecule has 0 spiro atoms. The number of primary amides is 1. The van der Waals surface area contributed by atoms with Gasteiger partial charge in [0.1, 0.15) is 23.8 Å². The maximum Gasteiger partial charge on any atom is 0.408 e. The Balaban J connectivity index is 0.00000148. The number of alkyl carbamates (subject to hydrolysis) is 1. The van der Waals surface area contributed by atoms with E-state index in [0.717, 1.165) is 0 Å². The average Bonchev–Trinajstić information content (AvgIpc) is 2.72. The molecule has 0 saturated carbocycles. The number of ether oxygens (including phenoxy) is 2. The van der Waals surface area contributed by atoms with Crippen molar-refractivity contribution >= 4 is 29.8 Å². The summed E-state index contributed by atoms with van der Waals surface area (Å²) in [5.74, 6) is -2.65. The van der Waals surface area contributed by atoms with E-state index in [-0.39, 0.29) is 19.4 Å². The molecule has 0 aliphatic heterocycles. The molecule has 0 aliphatic rings. The van der Waals surface area contributed by atoms with Crippen LogP contribution in [0.15, 0.2) is 30.3 Å². The Hall–Kier alpha value is -3.63. The number of aryl methyl sites for hydroxylation is 1. The average molecular weight is 509 g/mol. The fraction of sp³-hybridized carbons (Fsp3) is 0.560. The Kier molecular flexibility index (Phi) is 13.8. The van der Waals surface area contributed by atoms with Crippen LogP contribution >= 0.6 is 0 Å². The minimum Gasteiger partial charge on any atom is -0.458 e. The molecule has 36 heavy (non-hydrogen) atoms. The van der Waals surface area contributed by atoms with Crippen LogP contribution in [0.2, 0.25) is 0 Å². The standard InChI is InChI=1S/C18H32N4O7.C7H8/c1-17(2,3)28-15(26)11(7-8-12(19)23)22-14(25)10-20-13(24)9-21-16(27)29-18(4,5)6;1-7-5-3-2-4-6-7/h11H,7-10H2,1-6H3,(H2,19,23)(H,20,24)(H,21,27)(H,22,25);2-6H,1H3. The van der Waals surface area contributed by atoms with E-state index in [1.807, 2.05) is 18.2 Å². The summed E-state index contributed by atoms with van der Waals surface area (Å²) in [4.78, 5) is 58.4. The van der Waals surface area contributed by atoms with E-state index in [9.17, 15) is 24.0 Å². The number of hydrogen-bond acceptors (Lipinski definition) is 7. The fourth-order valence-corrected chi connectivity index (χ4v) is 2.40. The second kappa shape index (κ2) is 15.4. The van der Waals surface area contributed by atoms with E-state index in [2.05, 4.69) is 35.0 Å². The van der Waals surface area contributed by atoms with Gasteiger partial charge in [-0.05, 0) is 54.9 Å². The molecule has 5 N–H and O–H groups in total. The zero-order valence-corrected chi connectivity index (χ0v) is 22.2. The van der Waals surface area contributed by atoms with Gasteiger partial charge in [0.2, 0.25) is 17.7 Å². The Labute approximate surface area is 212 Å². The molecule has 1 unspecified atom stereocenters. The Morgan fingerprint density at radius 1 is 0.833 bits per heavy atom. The molecule has 0 saturated heterocycles. The lowest BCUT2D eigenvalue weighted by molar-refractivity contribution is -0.158. The third-order valence-electron chi connectivity index (χ3n) is 3.88. The molecule has 0 aliphatic carbocycles. The summed E-state index contributed by atoms with van der Waals surface area (Å²) < 4.78 is 10.2. The van der Waals surface area contributed by atoms with Crippen LogP contribution < -0.4 is 21.7 Å². The largest absolute Gasteiger partial charge is 0.458 e. The summed E-state index contributed by atoms with van der Waals surface area (Å²) in [5.41, 5.74) is 4.92. The van der Waals surface area contributed by atoms with Crippen LogP contribution in [0.3, 0.4) is 0 Å². The molecule has 1 atom stereocenters. The maximum absolute atomic E-state index is 12.2. The lowest BCUT2D eigenvalue weighted by Gasteiger charge is -2.24. The highest BCUT2D eigenvalue weighted by Gasteiger charge is 2.27. The van der Waals surface area contributed by atoms with Crippen molar-refractivity contribution in [3.63, 3.8) is 0 Å². The van der Waals surface area contributed by atoms with Crippen molar-refractivity contribution in [2.45, 2.75) is 78.6 Å². The predicted octanol–water partition coefficient (Wildman–Crippen LogP) is 1.71. The first-order valence-corrected chi connectivity index (χ1v) is 11.5. The van der Waals surface area contributed by atoms with E-state index < -0.39 is 53.6 Å². The third kappa shape index (κ3) is 18.8. The predicted molar refractivity (Wildman–Crippen MR) is 135 cm³/mol. The molecule has 1 rings (SSSR count). The van der Waals surface area contributed by atoms with Crippen LogP contribution in [0, 0.1) is 6.92 Å². The summed E-state index contributed by atoms with van der Waals surface area (Å²) in [6.07, 6.45) is -0.936. The highest BCUT2D eigenvalue weighted by atomic mass is 16.6. The summed E-state index contributed by atoms with van der Waals surface area (Å²) in [5, 5.41) is 6.94. The van der Waals surface area contributed by atoms with Crippen molar-refractivity contribution in [2.75, 3.05) is 13.1 Å². The van der Waals surface area contributed by atoms with E-state index in [1.54, 1.807) is 41.5 Å². The molecule has 0 aromatic heterocycles. The number of benzene rings is 1. The number of carbonyl (C=O) groups excluding carboxylic acids is 5. The van der Waals surface area contributed by atoms with Crippen LogP contribution in [-0.4, -0.2) is 60.1 Å².